The Morgan fingerprint density at radius 3 is 2.59 bits per heavy atom. The molecule has 0 atom stereocenters. The van der Waals surface area contributed by atoms with Gasteiger partial charge in [-0.1, -0.05) is 29.8 Å². The zero-order chi connectivity index (χ0) is 14.9. The first-order valence-electron chi connectivity index (χ1n) is 7.69. The standard InChI is InChI=1S/C17H19N5/c1-13-2-4-14(5-3-13)17-19-16-12-15(6-9-22(16)20-17)21-10-7-18-8-11-21/h2-6,9,12,18H,7-8,10-11H2,1H3. The SMILES string of the molecule is Cc1ccc(-c2nc3cc(N4CCNCC4)ccn3n2)cc1. The fourth-order valence-corrected chi connectivity index (χ4v) is 2.82. The second-order valence-corrected chi connectivity index (χ2v) is 5.73. The fourth-order valence-electron chi connectivity index (χ4n) is 2.82. The highest BCUT2D eigenvalue weighted by atomic mass is 15.3. The molecule has 3 aromatic rings. The summed E-state index contributed by atoms with van der Waals surface area (Å²) < 4.78 is 1.85. The molecule has 0 bridgehead atoms. The van der Waals surface area contributed by atoms with Crippen LogP contribution in [0.4, 0.5) is 5.69 Å². The summed E-state index contributed by atoms with van der Waals surface area (Å²) in [5, 5.41) is 7.95. The maximum absolute atomic E-state index is 4.68. The number of hydrogen-bond acceptors (Lipinski definition) is 4. The van der Waals surface area contributed by atoms with Crippen molar-refractivity contribution in [1.82, 2.24) is 19.9 Å². The van der Waals surface area contributed by atoms with E-state index in [0.717, 1.165) is 43.2 Å². The first-order valence-corrected chi connectivity index (χ1v) is 7.69. The van der Waals surface area contributed by atoms with Crippen molar-refractivity contribution in [2.45, 2.75) is 6.92 Å². The molecular formula is C17H19N5. The third-order valence-corrected chi connectivity index (χ3v) is 4.11. The van der Waals surface area contributed by atoms with Gasteiger partial charge >= 0.3 is 0 Å². The van der Waals surface area contributed by atoms with Gasteiger partial charge in [0.2, 0.25) is 0 Å². The van der Waals surface area contributed by atoms with Crippen molar-refractivity contribution < 1.29 is 0 Å². The van der Waals surface area contributed by atoms with Gasteiger partial charge in [-0.05, 0) is 13.0 Å². The van der Waals surface area contributed by atoms with Crippen molar-refractivity contribution in [3.63, 3.8) is 0 Å². The van der Waals surface area contributed by atoms with Crippen molar-refractivity contribution >= 4 is 11.3 Å². The highest BCUT2D eigenvalue weighted by Crippen LogP contribution is 2.20. The molecule has 3 heterocycles. The Morgan fingerprint density at radius 1 is 1.05 bits per heavy atom. The summed E-state index contributed by atoms with van der Waals surface area (Å²) >= 11 is 0. The van der Waals surface area contributed by atoms with Gasteiger partial charge in [0.25, 0.3) is 0 Å². The second-order valence-electron chi connectivity index (χ2n) is 5.73. The van der Waals surface area contributed by atoms with E-state index in [4.69, 9.17) is 0 Å². The quantitative estimate of drug-likeness (QED) is 0.786. The molecule has 1 aliphatic rings. The Bertz CT molecular complexity index is 784. The summed E-state index contributed by atoms with van der Waals surface area (Å²) in [4.78, 5) is 7.06. The molecule has 1 N–H and O–H groups in total. The van der Waals surface area contributed by atoms with Gasteiger partial charge in [-0.3, -0.25) is 0 Å². The van der Waals surface area contributed by atoms with E-state index in [0.29, 0.717) is 0 Å². The topological polar surface area (TPSA) is 45.5 Å². The van der Waals surface area contributed by atoms with Gasteiger partial charge in [0.05, 0.1) is 0 Å². The Kier molecular flexibility index (Phi) is 3.27. The van der Waals surface area contributed by atoms with Crippen LogP contribution in [0.2, 0.25) is 0 Å². The van der Waals surface area contributed by atoms with Gasteiger partial charge in [-0.25, -0.2) is 9.50 Å². The van der Waals surface area contributed by atoms with E-state index >= 15 is 0 Å². The van der Waals surface area contributed by atoms with Crippen LogP contribution in [0.25, 0.3) is 17.0 Å². The Balaban J connectivity index is 1.69. The zero-order valence-electron chi connectivity index (χ0n) is 12.7. The van der Waals surface area contributed by atoms with Crippen molar-refractivity contribution in [2.75, 3.05) is 31.1 Å². The van der Waals surface area contributed by atoms with E-state index in [-0.39, 0.29) is 0 Å². The van der Waals surface area contributed by atoms with E-state index in [9.17, 15) is 0 Å². The van der Waals surface area contributed by atoms with E-state index in [2.05, 4.69) is 63.6 Å². The highest BCUT2D eigenvalue weighted by molar-refractivity contribution is 5.62. The molecule has 0 amide bonds. The summed E-state index contributed by atoms with van der Waals surface area (Å²) in [5.41, 5.74) is 4.41. The average Bonchev–Trinajstić information content (AvgIpc) is 2.99. The number of pyridine rings is 1. The molecular weight excluding hydrogens is 274 g/mol. The van der Waals surface area contributed by atoms with Crippen molar-refractivity contribution in [3.8, 4) is 11.4 Å². The summed E-state index contributed by atoms with van der Waals surface area (Å²) in [5.74, 6) is 0.775. The molecule has 1 aliphatic heterocycles. The highest BCUT2D eigenvalue weighted by Gasteiger charge is 2.12. The van der Waals surface area contributed by atoms with Gasteiger partial charge in [-0.2, -0.15) is 0 Å². The minimum Gasteiger partial charge on any atom is -0.369 e. The molecule has 112 valence electrons. The Labute approximate surface area is 129 Å². The lowest BCUT2D eigenvalue weighted by Gasteiger charge is -2.29. The fraction of sp³-hybridized carbons (Fsp3) is 0.294. The maximum atomic E-state index is 4.68. The molecule has 2 aromatic heterocycles. The number of fused-ring (bicyclic) bond motifs is 1. The Hall–Kier alpha value is -2.40. The lowest BCUT2D eigenvalue weighted by atomic mass is 10.1. The molecule has 0 unspecified atom stereocenters. The van der Waals surface area contributed by atoms with Crippen LogP contribution in [-0.4, -0.2) is 40.8 Å². The van der Waals surface area contributed by atoms with E-state index in [1.165, 1.54) is 11.3 Å². The minimum absolute atomic E-state index is 0.775. The number of nitrogens with one attached hydrogen (secondary N) is 1. The Morgan fingerprint density at radius 2 is 1.82 bits per heavy atom. The lowest BCUT2D eigenvalue weighted by molar-refractivity contribution is 0.589. The molecule has 4 rings (SSSR count). The predicted molar refractivity (Wildman–Crippen MR) is 88.2 cm³/mol. The molecule has 1 saturated heterocycles. The van der Waals surface area contributed by atoms with Gasteiger partial charge in [0.1, 0.15) is 0 Å². The third-order valence-electron chi connectivity index (χ3n) is 4.11. The average molecular weight is 293 g/mol. The molecule has 5 nitrogen and oxygen atoms in total. The number of rotatable bonds is 2. The number of anilines is 1. The number of piperazine rings is 1. The van der Waals surface area contributed by atoms with Crippen LogP contribution < -0.4 is 10.2 Å². The van der Waals surface area contributed by atoms with E-state index in [1.54, 1.807) is 0 Å². The first-order chi connectivity index (χ1) is 10.8. The van der Waals surface area contributed by atoms with Crippen LogP contribution >= 0.6 is 0 Å². The smallest absolute Gasteiger partial charge is 0.182 e. The van der Waals surface area contributed by atoms with Crippen LogP contribution in [0.3, 0.4) is 0 Å². The van der Waals surface area contributed by atoms with Gasteiger partial charge in [0.15, 0.2) is 11.5 Å². The second kappa shape index (κ2) is 5.42. The van der Waals surface area contributed by atoms with Gasteiger partial charge < -0.3 is 10.2 Å². The molecule has 22 heavy (non-hydrogen) atoms. The van der Waals surface area contributed by atoms with Gasteiger partial charge in [-0.15, -0.1) is 5.10 Å². The maximum Gasteiger partial charge on any atom is 0.182 e. The van der Waals surface area contributed by atoms with Crippen molar-refractivity contribution in [2.24, 2.45) is 0 Å². The summed E-state index contributed by atoms with van der Waals surface area (Å²) in [6, 6.07) is 12.6. The summed E-state index contributed by atoms with van der Waals surface area (Å²) in [7, 11) is 0. The van der Waals surface area contributed by atoms with E-state index in [1.807, 2.05) is 10.7 Å². The van der Waals surface area contributed by atoms with Crippen LogP contribution in [0, 0.1) is 6.92 Å². The lowest BCUT2D eigenvalue weighted by Crippen LogP contribution is -2.43. The van der Waals surface area contributed by atoms with Crippen molar-refractivity contribution in [1.29, 1.82) is 0 Å². The monoisotopic (exact) mass is 293 g/mol. The van der Waals surface area contributed by atoms with E-state index < -0.39 is 0 Å². The summed E-state index contributed by atoms with van der Waals surface area (Å²) in [6.45, 7) is 6.23. The number of benzene rings is 1. The molecule has 0 aliphatic carbocycles. The normalized spacial score (nSPS) is 15.4. The number of aryl methyl sites for hydroxylation is 1. The first kappa shape index (κ1) is 13.3. The van der Waals surface area contributed by atoms with Gasteiger partial charge in [0, 0.05) is 49.7 Å². The molecule has 1 aromatic carbocycles. The largest absolute Gasteiger partial charge is 0.369 e. The van der Waals surface area contributed by atoms with Crippen LogP contribution in [0.1, 0.15) is 5.56 Å². The van der Waals surface area contributed by atoms with Crippen LogP contribution in [0.5, 0.6) is 0 Å². The molecule has 0 spiro atoms. The molecule has 1 fully saturated rings. The number of nitrogens with zero attached hydrogens (tertiary/aromatic N) is 4. The molecule has 5 heteroatoms. The molecule has 0 saturated carbocycles. The number of aromatic nitrogens is 3. The number of hydrogen-bond donors (Lipinski definition) is 1. The van der Waals surface area contributed by atoms with Crippen LogP contribution in [-0.2, 0) is 0 Å². The zero-order valence-corrected chi connectivity index (χ0v) is 12.7. The molecule has 0 radical (unpaired) electrons. The minimum atomic E-state index is 0.775. The third kappa shape index (κ3) is 2.44. The predicted octanol–water partition coefficient (Wildman–Crippen LogP) is 2.11. The van der Waals surface area contributed by atoms with Crippen molar-refractivity contribution in [3.05, 3.63) is 48.2 Å². The summed E-state index contributed by atoms with van der Waals surface area (Å²) in [6.07, 6.45) is 2.00. The van der Waals surface area contributed by atoms with Crippen LogP contribution in [0.15, 0.2) is 42.6 Å².